The summed E-state index contributed by atoms with van der Waals surface area (Å²) >= 11 is 0. The number of hydrogen-bond acceptors (Lipinski definition) is 0. The summed E-state index contributed by atoms with van der Waals surface area (Å²) in [6.45, 7) is 16.1. The van der Waals surface area contributed by atoms with Gasteiger partial charge in [0.2, 0.25) is 0 Å². The Hall–Kier alpha value is -0.780. The molecule has 0 saturated carbocycles. The molecule has 0 bridgehead atoms. The highest BCUT2D eigenvalue weighted by Gasteiger charge is 2.20. The van der Waals surface area contributed by atoms with Crippen LogP contribution in [-0.4, -0.2) is 0 Å². The van der Waals surface area contributed by atoms with Crippen molar-refractivity contribution in [2.75, 3.05) is 0 Å². The number of benzene rings is 1. The van der Waals surface area contributed by atoms with Crippen LogP contribution in [-0.2, 0) is 0 Å². The van der Waals surface area contributed by atoms with Crippen molar-refractivity contribution in [2.24, 2.45) is 11.8 Å². The van der Waals surface area contributed by atoms with Crippen LogP contribution in [0.4, 0.5) is 0 Å². The normalized spacial score (nSPS) is 13.5. The Balaban J connectivity index is 3.18. The summed E-state index contributed by atoms with van der Waals surface area (Å²) in [6.07, 6.45) is 1.29. The van der Waals surface area contributed by atoms with E-state index >= 15 is 0 Å². The van der Waals surface area contributed by atoms with E-state index in [1.165, 1.54) is 23.1 Å². The standard InChI is InChI=1S/C17H28/c1-11(2)8-16(12(3)4)17-14(6)9-13(5)10-15(17)7/h9-12,16H,8H2,1-7H3. The molecule has 0 radical (unpaired) electrons. The molecule has 1 unspecified atom stereocenters. The van der Waals surface area contributed by atoms with E-state index in [1.807, 2.05) is 0 Å². The highest BCUT2D eigenvalue weighted by Crippen LogP contribution is 2.35. The molecule has 0 saturated heterocycles. The first kappa shape index (κ1) is 14.3. The quantitative estimate of drug-likeness (QED) is 0.652. The molecule has 0 heteroatoms. The predicted octanol–water partition coefficient (Wildman–Crippen LogP) is 5.40. The van der Waals surface area contributed by atoms with Crippen LogP contribution < -0.4 is 0 Å². The van der Waals surface area contributed by atoms with Crippen LogP contribution >= 0.6 is 0 Å². The molecule has 0 aliphatic heterocycles. The summed E-state index contributed by atoms with van der Waals surface area (Å²) < 4.78 is 0. The smallest absolute Gasteiger partial charge is 0.0131 e. The average Bonchev–Trinajstić information content (AvgIpc) is 2.13. The summed E-state index contributed by atoms with van der Waals surface area (Å²) in [7, 11) is 0. The molecular weight excluding hydrogens is 204 g/mol. The highest BCUT2D eigenvalue weighted by atomic mass is 14.3. The monoisotopic (exact) mass is 232 g/mol. The van der Waals surface area contributed by atoms with Gasteiger partial charge in [0.15, 0.2) is 0 Å². The third-order valence-corrected chi connectivity index (χ3v) is 3.64. The van der Waals surface area contributed by atoms with Gasteiger partial charge in [-0.2, -0.15) is 0 Å². The Kier molecular flexibility index (Phi) is 4.80. The predicted molar refractivity (Wildman–Crippen MR) is 77.7 cm³/mol. The van der Waals surface area contributed by atoms with Crippen LogP contribution in [0.5, 0.6) is 0 Å². The van der Waals surface area contributed by atoms with Crippen molar-refractivity contribution in [1.29, 1.82) is 0 Å². The molecule has 1 rings (SSSR count). The number of hydrogen-bond donors (Lipinski definition) is 0. The first-order valence-corrected chi connectivity index (χ1v) is 6.90. The molecular formula is C17H28. The van der Waals surface area contributed by atoms with Crippen molar-refractivity contribution in [3.05, 3.63) is 34.4 Å². The summed E-state index contributed by atoms with van der Waals surface area (Å²) in [4.78, 5) is 0. The molecule has 1 atom stereocenters. The van der Waals surface area contributed by atoms with Crippen molar-refractivity contribution in [3.8, 4) is 0 Å². The lowest BCUT2D eigenvalue weighted by molar-refractivity contribution is 0.405. The zero-order valence-corrected chi connectivity index (χ0v) is 12.6. The Morgan fingerprint density at radius 3 is 1.71 bits per heavy atom. The van der Waals surface area contributed by atoms with Gasteiger partial charge in [0.25, 0.3) is 0 Å². The van der Waals surface area contributed by atoms with E-state index in [2.05, 4.69) is 60.6 Å². The zero-order valence-electron chi connectivity index (χ0n) is 12.6. The summed E-state index contributed by atoms with van der Waals surface area (Å²) in [5, 5.41) is 0. The molecule has 0 aliphatic rings. The Labute approximate surface area is 107 Å². The molecule has 0 heterocycles. The van der Waals surface area contributed by atoms with E-state index in [4.69, 9.17) is 0 Å². The maximum atomic E-state index is 2.35. The third kappa shape index (κ3) is 3.59. The van der Waals surface area contributed by atoms with Gasteiger partial charge in [-0.3, -0.25) is 0 Å². The van der Waals surface area contributed by atoms with Gasteiger partial charge in [-0.1, -0.05) is 45.4 Å². The van der Waals surface area contributed by atoms with Crippen LogP contribution in [0.1, 0.15) is 62.3 Å². The van der Waals surface area contributed by atoms with Crippen molar-refractivity contribution in [1.82, 2.24) is 0 Å². The van der Waals surface area contributed by atoms with Crippen LogP contribution in [0.25, 0.3) is 0 Å². The first-order chi connectivity index (χ1) is 7.82. The lowest BCUT2D eigenvalue weighted by Crippen LogP contribution is -2.13. The molecule has 1 aromatic carbocycles. The second-order valence-corrected chi connectivity index (χ2v) is 6.29. The molecule has 0 aliphatic carbocycles. The van der Waals surface area contributed by atoms with Gasteiger partial charge in [0.1, 0.15) is 0 Å². The van der Waals surface area contributed by atoms with Gasteiger partial charge in [0.05, 0.1) is 0 Å². The Bertz CT molecular complexity index is 349. The van der Waals surface area contributed by atoms with Gasteiger partial charge in [-0.15, -0.1) is 0 Å². The minimum absolute atomic E-state index is 0.704. The number of aryl methyl sites for hydroxylation is 3. The van der Waals surface area contributed by atoms with Crippen LogP contribution in [0.2, 0.25) is 0 Å². The summed E-state index contributed by atoms with van der Waals surface area (Å²) in [5.74, 6) is 2.19. The topological polar surface area (TPSA) is 0 Å². The third-order valence-electron chi connectivity index (χ3n) is 3.64. The van der Waals surface area contributed by atoms with E-state index in [0.29, 0.717) is 5.92 Å². The van der Waals surface area contributed by atoms with E-state index < -0.39 is 0 Å². The van der Waals surface area contributed by atoms with Gasteiger partial charge in [-0.25, -0.2) is 0 Å². The second-order valence-electron chi connectivity index (χ2n) is 6.29. The van der Waals surface area contributed by atoms with Crippen LogP contribution in [0.3, 0.4) is 0 Å². The molecule has 0 nitrogen and oxygen atoms in total. The minimum atomic E-state index is 0.704. The molecule has 96 valence electrons. The van der Waals surface area contributed by atoms with Gasteiger partial charge < -0.3 is 0 Å². The fourth-order valence-electron chi connectivity index (χ4n) is 3.01. The maximum Gasteiger partial charge on any atom is -0.0131 e. The maximum absolute atomic E-state index is 2.35. The lowest BCUT2D eigenvalue weighted by atomic mass is 9.78. The van der Waals surface area contributed by atoms with Crippen LogP contribution in [0, 0.1) is 32.6 Å². The van der Waals surface area contributed by atoms with E-state index in [1.54, 1.807) is 5.56 Å². The van der Waals surface area contributed by atoms with Crippen molar-refractivity contribution in [3.63, 3.8) is 0 Å². The summed E-state index contributed by atoms with van der Waals surface area (Å²) in [6, 6.07) is 4.66. The van der Waals surface area contributed by atoms with E-state index in [0.717, 1.165) is 11.8 Å². The van der Waals surface area contributed by atoms with Crippen molar-refractivity contribution in [2.45, 2.75) is 60.8 Å². The summed E-state index contributed by atoms with van der Waals surface area (Å²) in [5.41, 5.74) is 5.93. The second kappa shape index (κ2) is 5.71. The fraction of sp³-hybridized carbons (Fsp3) is 0.647. The van der Waals surface area contributed by atoms with Crippen LogP contribution in [0.15, 0.2) is 12.1 Å². The lowest BCUT2D eigenvalue weighted by Gasteiger charge is -2.27. The Morgan fingerprint density at radius 1 is 0.882 bits per heavy atom. The molecule has 0 fully saturated rings. The van der Waals surface area contributed by atoms with Gasteiger partial charge in [-0.05, 0) is 61.6 Å². The molecule has 1 aromatic rings. The Morgan fingerprint density at radius 2 is 1.35 bits per heavy atom. The molecule has 0 spiro atoms. The molecule has 17 heavy (non-hydrogen) atoms. The van der Waals surface area contributed by atoms with Gasteiger partial charge >= 0.3 is 0 Å². The van der Waals surface area contributed by atoms with E-state index in [-0.39, 0.29) is 0 Å². The first-order valence-electron chi connectivity index (χ1n) is 6.90. The van der Waals surface area contributed by atoms with E-state index in [9.17, 15) is 0 Å². The van der Waals surface area contributed by atoms with Crippen molar-refractivity contribution < 1.29 is 0 Å². The van der Waals surface area contributed by atoms with Gasteiger partial charge in [0, 0.05) is 0 Å². The largest absolute Gasteiger partial charge is 0.0628 e. The van der Waals surface area contributed by atoms with Crippen molar-refractivity contribution >= 4 is 0 Å². The number of rotatable bonds is 4. The molecule has 0 amide bonds. The highest BCUT2D eigenvalue weighted by molar-refractivity contribution is 5.40. The molecule has 0 aromatic heterocycles. The SMILES string of the molecule is Cc1cc(C)c(C(CC(C)C)C(C)C)c(C)c1. The zero-order chi connectivity index (χ0) is 13.2. The average molecular weight is 232 g/mol. The molecule has 0 N–H and O–H groups in total. The fourth-order valence-corrected chi connectivity index (χ4v) is 3.01. The minimum Gasteiger partial charge on any atom is -0.0628 e.